The van der Waals surface area contributed by atoms with Crippen LogP contribution in [0.1, 0.15) is 35.2 Å². The van der Waals surface area contributed by atoms with Gasteiger partial charge in [0.2, 0.25) is 0 Å². The van der Waals surface area contributed by atoms with E-state index in [0.29, 0.717) is 12.2 Å². The Morgan fingerprint density at radius 1 is 1.16 bits per heavy atom. The average molecular weight is 344 g/mol. The fourth-order valence-electron chi connectivity index (χ4n) is 4.03. The molecule has 1 fully saturated rings. The van der Waals surface area contributed by atoms with Crippen LogP contribution in [0.25, 0.3) is 0 Å². The van der Waals surface area contributed by atoms with Gasteiger partial charge < -0.3 is 10.1 Å². The lowest BCUT2D eigenvalue weighted by molar-refractivity contribution is 0.104. The summed E-state index contributed by atoms with van der Waals surface area (Å²) < 4.78 is 33.3. The largest absolute Gasteiger partial charge is 0.490 e. The molecule has 0 aliphatic carbocycles. The maximum absolute atomic E-state index is 14.1. The smallest absolute Gasteiger partial charge is 0.168 e. The number of ether oxygens (including phenoxy) is 1. The lowest BCUT2D eigenvalue weighted by atomic mass is 9.94. The maximum atomic E-state index is 14.1. The Kier molecular flexibility index (Phi) is 4.44. The van der Waals surface area contributed by atoms with Gasteiger partial charge >= 0.3 is 0 Å². The molecule has 0 spiro atoms. The van der Waals surface area contributed by atoms with Gasteiger partial charge in [-0.2, -0.15) is 0 Å². The summed E-state index contributed by atoms with van der Waals surface area (Å²) in [6.45, 7) is 5.09. The third kappa shape index (κ3) is 3.14. The van der Waals surface area contributed by atoms with E-state index in [1.807, 2.05) is 6.07 Å². The average Bonchev–Trinajstić information content (AvgIpc) is 2.62. The Labute approximate surface area is 146 Å². The Hall–Kier alpha value is -1.98. The summed E-state index contributed by atoms with van der Waals surface area (Å²) in [4.78, 5) is 2.33. The van der Waals surface area contributed by atoms with Crippen molar-refractivity contribution in [3.63, 3.8) is 0 Å². The zero-order valence-electron chi connectivity index (χ0n) is 14.3. The molecule has 132 valence electrons. The number of hydrogen-bond acceptors (Lipinski definition) is 3. The van der Waals surface area contributed by atoms with Gasteiger partial charge in [0.1, 0.15) is 5.82 Å². The van der Waals surface area contributed by atoms with Crippen molar-refractivity contribution < 1.29 is 13.5 Å². The number of benzene rings is 2. The van der Waals surface area contributed by atoms with Gasteiger partial charge in [0.05, 0.1) is 6.61 Å². The van der Waals surface area contributed by atoms with Crippen molar-refractivity contribution in [2.45, 2.75) is 25.4 Å². The minimum absolute atomic E-state index is 0.0115. The van der Waals surface area contributed by atoms with Gasteiger partial charge in [-0.05, 0) is 24.1 Å². The Morgan fingerprint density at radius 2 is 2.00 bits per heavy atom. The van der Waals surface area contributed by atoms with Crippen LogP contribution >= 0.6 is 0 Å². The number of fused-ring (bicyclic) bond motifs is 1. The Bertz CT molecular complexity index is 780. The fourth-order valence-corrected chi connectivity index (χ4v) is 4.03. The molecule has 2 atom stereocenters. The quantitative estimate of drug-likeness (QED) is 0.898. The molecule has 0 radical (unpaired) electrons. The van der Waals surface area contributed by atoms with Crippen LogP contribution in [0.4, 0.5) is 8.78 Å². The lowest BCUT2D eigenvalue weighted by Gasteiger charge is -2.41. The van der Waals surface area contributed by atoms with Crippen molar-refractivity contribution in [1.29, 1.82) is 0 Å². The second-order valence-electron chi connectivity index (χ2n) is 6.82. The molecule has 2 heterocycles. The summed E-state index contributed by atoms with van der Waals surface area (Å²) in [5.74, 6) is -0.939. The molecule has 1 saturated heterocycles. The Balaban J connectivity index is 1.62. The molecule has 0 bridgehead atoms. The van der Waals surface area contributed by atoms with Crippen LogP contribution in [0, 0.1) is 18.6 Å². The topological polar surface area (TPSA) is 24.5 Å². The van der Waals surface area contributed by atoms with Crippen LogP contribution < -0.4 is 10.1 Å². The summed E-state index contributed by atoms with van der Waals surface area (Å²) in [5, 5.41) is 3.57. The highest BCUT2D eigenvalue weighted by molar-refractivity contribution is 5.40. The standard InChI is InChI=1S/C20H22F2N2O/c1-13-4-2-3-5-15(13)18-12-24(8-7-23-18)19-6-9-25-20-16(19)10-14(21)11-17(20)22/h2-5,10-11,18-19,23H,6-9,12H2,1H3/t18-,19+/m0/s1. The van der Waals surface area contributed by atoms with Crippen molar-refractivity contribution in [1.82, 2.24) is 10.2 Å². The first-order chi connectivity index (χ1) is 12.1. The molecule has 25 heavy (non-hydrogen) atoms. The van der Waals surface area contributed by atoms with E-state index < -0.39 is 11.6 Å². The van der Waals surface area contributed by atoms with E-state index >= 15 is 0 Å². The van der Waals surface area contributed by atoms with E-state index in [0.717, 1.165) is 32.1 Å². The third-order valence-electron chi connectivity index (χ3n) is 5.25. The molecule has 2 aliphatic rings. The van der Waals surface area contributed by atoms with Gasteiger partial charge in [-0.25, -0.2) is 8.78 Å². The zero-order valence-corrected chi connectivity index (χ0v) is 14.3. The number of piperazine rings is 1. The summed E-state index contributed by atoms with van der Waals surface area (Å²) in [7, 11) is 0. The van der Waals surface area contributed by atoms with Gasteiger partial charge in [-0.15, -0.1) is 0 Å². The molecule has 5 heteroatoms. The van der Waals surface area contributed by atoms with Crippen LogP contribution in [0.5, 0.6) is 5.75 Å². The van der Waals surface area contributed by atoms with Gasteiger partial charge in [-0.3, -0.25) is 4.90 Å². The molecule has 0 aromatic heterocycles. The van der Waals surface area contributed by atoms with E-state index in [9.17, 15) is 8.78 Å². The number of hydrogen-bond donors (Lipinski definition) is 1. The molecule has 3 nitrogen and oxygen atoms in total. The first-order valence-corrected chi connectivity index (χ1v) is 8.78. The van der Waals surface area contributed by atoms with Crippen LogP contribution in [-0.2, 0) is 0 Å². The molecule has 1 N–H and O–H groups in total. The molecule has 0 amide bonds. The van der Waals surface area contributed by atoms with Crippen LogP contribution in [-0.4, -0.2) is 31.1 Å². The normalized spacial score (nSPS) is 23.8. The summed E-state index contributed by atoms with van der Waals surface area (Å²) in [6.07, 6.45) is 0.746. The number of nitrogens with zero attached hydrogens (tertiary/aromatic N) is 1. The first kappa shape index (κ1) is 16.5. The number of halogens is 2. The molecule has 0 unspecified atom stereocenters. The maximum Gasteiger partial charge on any atom is 0.168 e. The van der Waals surface area contributed by atoms with Crippen LogP contribution in [0.3, 0.4) is 0 Å². The third-order valence-corrected chi connectivity index (χ3v) is 5.25. The SMILES string of the molecule is Cc1ccccc1[C@@H]1CN([C@@H]2CCOc3c(F)cc(F)cc32)CCN1. The molecule has 2 aromatic rings. The summed E-state index contributed by atoms with van der Waals surface area (Å²) in [6, 6.07) is 10.9. The first-order valence-electron chi connectivity index (χ1n) is 8.78. The second-order valence-corrected chi connectivity index (χ2v) is 6.82. The number of aryl methyl sites for hydroxylation is 1. The van der Waals surface area contributed by atoms with E-state index in [2.05, 4.69) is 35.3 Å². The number of rotatable bonds is 2. The highest BCUT2D eigenvalue weighted by Crippen LogP contribution is 2.39. The molecule has 0 saturated carbocycles. The fraction of sp³-hybridized carbons (Fsp3) is 0.400. The Morgan fingerprint density at radius 3 is 2.84 bits per heavy atom. The van der Waals surface area contributed by atoms with E-state index in [1.165, 1.54) is 17.2 Å². The molecule has 4 rings (SSSR count). The summed E-state index contributed by atoms with van der Waals surface area (Å²) >= 11 is 0. The minimum atomic E-state index is -0.606. The van der Waals surface area contributed by atoms with E-state index in [1.54, 1.807) is 0 Å². The summed E-state index contributed by atoms with van der Waals surface area (Å²) in [5.41, 5.74) is 3.17. The van der Waals surface area contributed by atoms with E-state index in [4.69, 9.17) is 4.74 Å². The van der Waals surface area contributed by atoms with Gasteiger partial charge in [0, 0.05) is 49.8 Å². The van der Waals surface area contributed by atoms with Crippen molar-refractivity contribution in [3.8, 4) is 5.75 Å². The monoisotopic (exact) mass is 344 g/mol. The number of nitrogens with one attached hydrogen (secondary N) is 1. The molecule has 2 aromatic carbocycles. The highest BCUT2D eigenvalue weighted by Gasteiger charge is 2.33. The van der Waals surface area contributed by atoms with Crippen molar-refractivity contribution in [2.24, 2.45) is 0 Å². The van der Waals surface area contributed by atoms with Gasteiger partial charge in [0.15, 0.2) is 11.6 Å². The van der Waals surface area contributed by atoms with Crippen molar-refractivity contribution in [2.75, 3.05) is 26.2 Å². The van der Waals surface area contributed by atoms with Crippen molar-refractivity contribution in [3.05, 3.63) is 64.7 Å². The minimum Gasteiger partial charge on any atom is -0.490 e. The van der Waals surface area contributed by atoms with E-state index in [-0.39, 0.29) is 17.8 Å². The molecular weight excluding hydrogens is 322 g/mol. The zero-order chi connectivity index (χ0) is 17.4. The molecular formula is C20H22F2N2O. The highest BCUT2D eigenvalue weighted by atomic mass is 19.1. The van der Waals surface area contributed by atoms with Crippen LogP contribution in [0.2, 0.25) is 0 Å². The molecule has 2 aliphatic heterocycles. The van der Waals surface area contributed by atoms with Gasteiger partial charge in [0.25, 0.3) is 0 Å². The van der Waals surface area contributed by atoms with Gasteiger partial charge in [-0.1, -0.05) is 24.3 Å². The second kappa shape index (κ2) is 6.73. The lowest BCUT2D eigenvalue weighted by Crippen LogP contribution is -2.48. The predicted octanol–water partition coefficient (Wildman–Crippen LogP) is 3.74. The predicted molar refractivity (Wildman–Crippen MR) is 92.7 cm³/mol. The van der Waals surface area contributed by atoms with Crippen molar-refractivity contribution >= 4 is 0 Å². The van der Waals surface area contributed by atoms with Crippen LogP contribution in [0.15, 0.2) is 36.4 Å².